The zero-order chi connectivity index (χ0) is 20.5. The SMILES string of the molecule is CC[C@@]1(O)CC[C@@]2(C)C(CC[C@H]3[C@@H]4CC=C(c5cccnc5)[C@@]4(C)CC[C@@]32N)C1. The lowest BCUT2D eigenvalue weighted by Gasteiger charge is -2.67. The molecule has 3 heteroatoms. The van der Waals surface area contributed by atoms with Crippen LogP contribution in [0.3, 0.4) is 0 Å². The average molecular weight is 395 g/mol. The number of hydrogen-bond donors (Lipinski definition) is 2. The van der Waals surface area contributed by atoms with Gasteiger partial charge >= 0.3 is 0 Å². The lowest BCUT2D eigenvalue weighted by Crippen LogP contribution is -2.70. The van der Waals surface area contributed by atoms with Gasteiger partial charge in [-0.1, -0.05) is 32.9 Å². The van der Waals surface area contributed by atoms with Crippen LogP contribution in [0.15, 0.2) is 30.6 Å². The highest BCUT2D eigenvalue weighted by atomic mass is 16.3. The molecule has 0 spiro atoms. The van der Waals surface area contributed by atoms with Crippen molar-refractivity contribution in [3.63, 3.8) is 0 Å². The summed E-state index contributed by atoms with van der Waals surface area (Å²) in [5, 5.41) is 11.0. The van der Waals surface area contributed by atoms with Gasteiger partial charge in [0.05, 0.1) is 5.60 Å². The van der Waals surface area contributed by atoms with Crippen molar-refractivity contribution in [1.82, 2.24) is 4.98 Å². The zero-order valence-electron chi connectivity index (χ0n) is 18.5. The molecule has 4 aliphatic carbocycles. The number of hydrogen-bond acceptors (Lipinski definition) is 3. The van der Waals surface area contributed by atoms with E-state index < -0.39 is 5.60 Å². The van der Waals surface area contributed by atoms with Gasteiger partial charge in [-0.25, -0.2) is 0 Å². The molecule has 4 aliphatic rings. The molecule has 29 heavy (non-hydrogen) atoms. The summed E-state index contributed by atoms with van der Waals surface area (Å²) in [6, 6.07) is 4.29. The van der Waals surface area contributed by atoms with Crippen molar-refractivity contribution in [3.05, 3.63) is 36.2 Å². The summed E-state index contributed by atoms with van der Waals surface area (Å²) < 4.78 is 0. The largest absolute Gasteiger partial charge is 0.390 e. The molecule has 0 bridgehead atoms. The molecule has 7 atom stereocenters. The molecule has 3 N–H and O–H groups in total. The Bertz CT molecular complexity index is 821. The Kier molecular flexibility index (Phi) is 4.36. The fourth-order valence-corrected chi connectivity index (χ4v) is 8.23. The predicted molar refractivity (Wildman–Crippen MR) is 118 cm³/mol. The molecular weight excluding hydrogens is 356 g/mol. The first-order valence-electron chi connectivity index (χ1n) is 11.9. The molecule has 1 aromatic rings. The zero-order valence-corrected chi connectivity index (χ0v) is 18.5. The molecule has 158 valence electrons. The van der Waals surface area contributed by atoms with Gasteiger partial charge in [0.1, 0.15) is 0 Å². The Balaban J connectivity index is 1.46. The highest BCUT2D eigenvalue weighted by Crippen LogP contribution is 2.68. The van der Waals surface area contributed by atoms with Gasteiger partial charge in [0.25, 0.3) is 0 Å². The highest BCUT2D eigenvalue weighted by Gasteiger charge is 2.65. The van der Waals surface area contributed by atoms with Crippen LogP contribution in [-0.2, 0) is 0 Å². The topological polar surface area (TPSA) is 59.1 Å². The van der Waals surface area contributed by atoms with Gasteiger partial charge in [0.15, 0.2) is 0 Å². The van der Waals surface area contributed by atoms with E-state index in [1.54, 1.807) is 0 Å². The van der Waals surface area contributed by atoms with Crippen molar-refractivity contribution >= 4 is 5.57 Å². The van der Waals surface area contributed by atoms with Crippen molar-refractivity contribution in [2.45, 2.75) is 89.7 Å². The highest BCUT2D eigenvalue weighted by molar-refractivity contribution is 5.72. The van der Waals surface area contributed by atoms with Crippen molar-refractivity contribution in [1.29, 1.82) is 0 Å². The second-order valence-electron chi connectivity index (χ2n) is 11.2. The number of allylic oxidation sites excluding steroid dienone is 2. The van der Waals surface area contributed by atoms with Crippen LogP contribution in [0.2, 0.25) is 0 Å². The van der Waals surface area contributed by atoms with Crippen LogP contribution in [0.1, 0.15) is 84.1 Å². The van der Waals surface area contributed by atoms with Crippen LogP contribution < -0.4 is 5.73 Å². The second-order valence-corrected chi connectivity index (χ2v) is 11.2. The van der Waals surface area contributed by atoms with E-state index in [0.29, 0.717) is 17.8 Å². The first kappa shape index (κ1) is 19.8. The Morgan fingerprint density at radius 1 is 1.14 bits per heavy atom. The van der Waals surface area contributed by atoms with E-state index in [-0.39, 0.29) is 16.4 Å². The van der Waals surface area contributed by atoms with Crippen LogP contribution in [0.25, 0.3) is 5.57 Å². The molecule has 3 fully saturated rings. The van der Waals surface area contributed by atoms with Gasteiger partial charge in [0.2, 0.25) is 0 Å². The van der Waals surface area contributed by atoms with Crippen molar-refractivity contribution in [2.24, 2.45) is 34.3 Å². The number of nitrogens with two attached hydrogens (primary N) is 1. The number of fused-ring (bicyclic) bond motifs is 5. The maximum Gasteiger partial charge on any atom is 0.0648 e. The molecule has 0 amide bonds. The van der Waals surface area contributed by atoms with Crippen molar-refractivity contribution in [3.8, 4) is 0 Å². The Morgan fingerprint density at radius 3 is 2.69 bits per heavy atom. The maximum atomic E-state index is 11.0. The number of aliphatic hydroxyl groups is 1. The normalized spacial score (nSPS) is 49.0. The van der Waals surface area contributed by atoms with E-state index in [0.717, 1.165) is 38.5 Å². The lowest BCUT2D eigenvalue weighted by atomic mass is 9.40. The minimum Gasteiger partial charge on any atom is -0.390 e. The lowest BCUT2D eigenvalue weighted by molar-refractivity contribution is -0.156. The number of rotatable bonds is 2. The van der Waals surface area contributed by atoms with Gasteiger partial charge < -0.3 is 10.8 Å². The molecule has 5 rings (SSSR count). The van der Waals surface area contributed by atoms with Crippen molar-refractivity contribution in [2.75, 3.05) is 0 Å². The van der Waals surface area contributed by atoms with Crippen LogP contribution in [0.5, 0.6) is 0 Å². The van der Waals surface area contributed by atoms with E-state index in [9.17, 15) is 5.11 Å². The number of aromatic nitrogens is 1. The van der Waals surface area contributed by atoms with E-state index in [1.807, 2.05) is 12.4 Å². The van der Waals surface area contributed by atoms with Crippen LogP contribution in [0.4, 0.5) is 0 Å². The van der Waals surface area contributed by atoms with Gasteiger partial charge in [0, 0.05) is 17.9 Å². The third kappa shape index (κ3) is 2.59. The molecule has 3 nitrogen and oxygen atoms in total. The standard InChI is InChI=1S/C26H38N2O/c1-4-25(29)13-12-24(3)19(16-25)7-8-22-21-10-9-20(18-6-5-15-28-17-18)23(21,2)11-14-26(22,24)27/h5-6,9,15,17,19,21-22,29H,4,7-8,10-14,16,27H2,1-3H3/t19?,21-,22-,23+,24-,25+,26+/m0/s1. The Labute approximate surface area is 176 Å². The molecule has 1 unspecified atom stereocenters. The Hall–Kier alpha value is -1.19. The summed E-state index contributed by atoms with van der Waals surface area (Å²) in [6.45, 7) is 7.11. The smallest absolute Gasteiger partial charge is 0.0648 e. The molecule has 0 aromatic carbocycles. The third-order valence-electron chi connectivity index (χ3n) is 10.4. The summed E-state index contributed by atoms with van der Waals surface area (Å²) in [7, 11) is 0. The summed E-state index contributed by atoms with van der Waals surface area (Å²) in [5.74, 6) is 1.79. The molecule has 0 aliphatic heterocycles. The molecule has 1 heterocycles. The average Bonchev–Trinajstić information content (AvgIpc) is 3.07. The summed E-state index contributed by atoms with van der Waals surface area (Å²) in [5.41, 5.74) is 10.1. The van der Waals surface area contributed by atoms with Gasteiger partial charge in [-0.05, 0) is 104 Å². The molecule has 0 saturated heterocycles. The monoisotopic (exact) mass is 394 g/mol. The molecule has 1 aromatic heterocycles. The first-order valence-corrected chi connectivity index (χ1v) is 11.9. The van der Waals surface area contributed by atoms with Gasteiger partial charge in [-0.15, -0.1) is 0 Å². The predicted octanol–water partition coefficient (Wildman–Crippen LogP) is 5.34. The van der Waals surface area contributed by atoms with Crippen LogP contribution in [-0.4, -0.2) is 21.2 Å². The number of nitrogens with zero attached hydrogens (tertiary/aromatic N) is 1. The van der Waals surface area contributed by atoms with E-state index in [1.165, 1.54) is 30.4 Å². The van der Waals surface area contributed by atoms with Crippen LogP contribution in [0, 0.1) is 28.6 Å². The first-order chi connectivity index (χ1) is 13.8. The second kappa shape index (κ2) is 6.40. The van der Waals surface area contributed by atoms with Crippen molar-refractivity contribution < 1.29 is 5.11 Å². The summed E-state index contributed by atoms with van der Waals surface area (Å²) >= 11 is 0. The van der Waals surface area contributed by atoms with Gasteiger partial charge in [-0.3, -0.25) is 4.98 Å². The molecule has 3 saturated carbocycles. The van der Waals surface area contributed by atoms with Gasteiger partial charge in [-0.2, -0.15) is 0 Å². The number of pyridine rings is 1. The minimum absolute atomic E-state index is 0.0899. The fourth-order valence-electron chi connectivity index (χ4n) is 8.23. The van der Waals surface area contributed by atoms with Crippen LogP contribution >= 0.6 is 0 Å². The summed E-state index contributed by atoms with van der Waals surface area (Å²) in [6.07, 6.45) is 16.1. The quantitative estimate of drug-likeness (QED) is 0.712. The summed E-state index contributed by atoms with van der Waals surface area (Å²) in [4.78, 5) is 4.39. The van der Waals surface area contributed by atoms with E-state index in [2.05, 4.69) is 44.0 Å². The van der Waals surface area contributed by atoms with E-state index in [4.69, 9.17) is 5.73 Å². The third-order valence-corrected chi connectivity index (χ3v) is 10.4. The van der Waals surface area contributed by atoms with E-state index >= 15 is 0 Å². The maximum absolute atomic E-state index is 11.0. The fraction of sp³-hybridized carbons (Fsp3) is 0.731. The molecular formula is C26H38N2O. The minimum atomic E-state index is -0.459. The Morgan fingerprint density at radius 2 is 1.97 bits per heavy atom. The molecule has 0 radical (unpaired) electrons.